The molecule has 0 saturated heterocycles. The first-order valence-electron chi connectivity index (χ1n) is 6.32. The molecule has 0 radical (unpaired) electrons. The Bertz CT molecular complexity index is 447. The lowest BCUT2D eigenvalue weighted by Crippen LogP contribution is -2.43. The van der Waals surface area contributed by atoms with Gasteiger partial charge < -0.3 is 26.6 Å². The maximum atomic E-state index is 11.7. The van der Waals surface area contributed by atoms with Gasteiger partial charge in [0.15, 0.2) is 0 Å². The van der Waals surface area contributed by atoms with Crippen molar-refractivity contribution in [2.45, 2.75) is 25.3 Å². The molecular formula is C13H19N3O4. The Labute approximate surface area is 116 Å². The molecule has 7 nitrogen and oxygen atoms in total. The summed E-state index contributed by atoms with van der Waals surface area (Å²) in [4.78, 5) is 22.7. The Morgan fingerprint density at radius 3 is 2.40 bits per heavy atom. The molecule has 1 aromatic rings. The molecule has 0 saturated carbocycles. The van der Waals surface area contributed by atoms with Crippen molar-refractivity contribution < 1.29 is 19.8 Å². The Hall–Kier alpha value is -2.28. The minimum Gasteiger partial charge on any atom is -0.508 e. The first-order chi connectivity index (χ1) is 9.52. The van der Waals surface area contributed by atoms with Crippen molar-refractivity contribution in [1.82, 2.24) is 5.32 Å². The number of benzene rings is 1. The molecule has 1 aromatic carbocycles. The van der Waals surface area contributed by atoms with Crippen LogP contribution in [0.2, 0.25) is 0 Å². The largest absolute Gasteiger partial charge is 0.508 e. The third kappa shape index (κ3) is 5.57. The molecule has 6 N–H and O–H groups in total. The number of unbranched alkanes of at least 4 members (excludes halogenated alkanes) is 1. The highest BCUT2D eigenvalue weighted by atomic mass is 16.4. The molecule has 0 aromatic heterocycles. The van der Waals surface area contributed by atoms with Crippen LogP contribution in [0.1, 0.15) is 19.3 Å². The van der Waals surface area contributed by atoms with E-state index in [1.165, 1.54) is 24.3 Å². The highest BCUT2D eigenvalue weighted by Gasteiger charge is 2.19. The summed E-state index contributed by atoms with van der Waals surface area (Å²) < 4.78 is 0. The summed E-state index contributed by atoms with van der Waals surface area (Å²) in [7, 11) is 0. The zero-order chi connectivity index (χ0) is 15.0. The highest BCUT2D eigenvalue weighted by molar-refractivity contribution is 5.92. The zero-order valence-electron chi connectivity index (χ0n) is 11.0. The van der Waals surface area contributed by atoms with Crippen molar-refractivity contribution in [3.05, 3.63) is 24.3 Å². The van der Waals surface area contributed by atoms with Crippen LogP contribution in [0.5, 0.6) is 5.75 Å². The van der Waals surface area contributed by atoms with E-state index < -0.39 is 18.0 Å². The Balaban J connectivity index is 2.48. The van der Waals surface area contributed by atoms with Gasteiger partial charge in [-0.2, -0.15) is 0 Å². The van der Waals surface area contributed by atoms with Crippen LogP contribution in [0.15, 0.2) is 24.3 Å². The first-order valence-corrected chi connectivity index (χ1v) is 6.32. The molecular weight excluding hydrogens is 262 g/mol. The van der Waals surface area contributed by atoms with E-state index in [0.717, 1.165) is 0 Å². The van der Waals surface area contributed by atoms with Crippen LogP contribution < -0.4 is 16.4 Å². The van der Waals surface area contributed by atoms with E-state index in [9.17, 15) is 9.59 Å². The molecule has 1 rings (SSSR count). The Morgan fingerprint density at radius 1 is 1.20 bits per heavy atom. The van der Waals surface area contributed by atoms with Crippen molar-refractivity contribution in [1.29, 1.82) is 0 Å². The number of rotatable bonds is 7. The summed E-state index contributed by atoms with van der Waals surface area (Å²) in [5.41, 5.74) is 5.80. The summed E-state index contributed by atoms with van der Waals surface area (Å²) in [5, 5.41) is 23.0. The van der Waals surface area contributed by atoms with Gasteiger partial charge in [0.2, 0.25) is 0 Å². The van der Waals surface area contributed by atoms with Crippen molar-refractivity contribution in [2.24, 2.45) is 5.73 Å². The van der Waals surface area contributed by atoms with E-state index >= 15 is 0 Å². The maximum absolute atomic E-state index is 11.7. The average Bonchev–Trinajstić information content (AvgIpc) is 2.40. The Kier molecular flexibility index (Phi) is 6.31. The lowest BCUT2D eigenvalue weighted by atomic mass is 10.1. The molecule has 110 valence electrons. The molecule has 0 unspecified atom stereocenters. The van der Waals surface area contributed by atoms with Crippen LogP contribution in [0.4, 0.5) is 10.5 Å². The van der Waals surface area contributed by atoms with Crippen molar-refractivity contribution in [3.8, 4) is 5.75 Å². The number of aromatic hydroxyl groups is 1. The second-order valence-electron chi connectivity index (χ2n) is 4.32. The predicted octanol–water partition coefficient (Wildman–Crippen LogP) is 1.10. The molecule has 0 spiro atoms. The van der Waals surface area contributed by atoms with E-state index in [1.807, 2.05) is 0 Å². The van der Waals surface area contributed by atoms with Crippen molar-refractivity contribution in [3.63, 3.8) is 0 Å². The Morgan fingerprint density at radius 2 is 1.85 bits per heavy atom. The quantitative estimate of drug-likeness (QED) is 0.378. The number of amides is 2. The minimum absolute atomic E-state index is 0.0844. The predicted molar refractivity (Wildman–Crippen MR) is 74.6 cm³/mol. The molecule has 1 atom stereocenters. The summed E-state index contributed by atoms with van der Waals surface area (Å²) >= 11 is 0. The van der Waals surface area contributed by atoms with Gasteiger partial charge >= 0.3 is 12.0 Å². The van der Waals surface area contributed by atoms with Crippen molar-refractivity contribution >= 4 is 17.7 Å². The molecule has 0 bridgehead atoms. The smallest absolute Gasteiger partial charge is 0.326 e. The van der Waals surface area contributed by atoms with Crippen LogP contribution in [0, 0.1) is 0 Å². The highest BCUT2D eigenvalue weighted by Crippen LogP contribution is 2.13. The number of phenolic OH excluding ortho intramolecular Hbond substituents is 1. The third-order valence-electron chi connectivity index (χ3n) is 2.68. The second-order valence-corrected chi connectivity index (χ2v) is 4.32. The molecule has 2 amide bonds. The number of carboxylic acids is 1. The number of hydrogen-bond donors (Lipinski definition) is 5. The number of nitrogens with two attached hydrogens (primary N) is 1. The number of hydrogen-bond acceptors (Lipinski definition) is 4. The number of nitrogens with one attached hydrogen (secondary N) is 2. The summed E-state index contributed by atoms with van der Waals surface area (Å²) in [6, 6.07) is 4.32. The number of carbonyl (C=O) groups excluding carboxylic acids is 1. The lowest BCUT2D eigenvalue weighted by molar-refractivity contribution is -0.139. The fourth-order valence-corrected chi connectivity index (χ4v) is 1.62. The topological polar surface area (TPSA) is 125 Å². The number of carboxylic acid groups (broad SMARTS) is 1. The normalized spacial score (nSPS) is 11.7. The number of carbonyl (C=O) groups is 2. The van der Waals surface area contributed by atoms with E-state index in [-0.39, 0.29) is 5.75 Å². The number of urea groups is 1. The van der Waals surface area contributed by atoms with Crippen molar-refractivity contribution in [2.75, 3.05) is 11.9 Å². The van der Waals surface area contributed by atoms with Gasteiger partial charge in [0, 0.05) is 5.69 Å². The maximum Gasteiger partial charge on any atom is 0.326 e. The molecule has 0 fully saturated rings. The van der Waals surface area contributed by atoms with E-state index in [1.54, 1.807) is 0 Å². The van der Waals surface area contributed by atoms with Gasteiger partial charge in [-0.1, -0.05) is 0 Å². The van der Waals surface area contributed by atoms with Crippen LogP contribution in [0.25, 0.3) is 0 Å². The van der Waals surface area contributed by atoms with E-state index in [0.29, 0.717) is 31.5 Å². The number of aliphatic carboxylic acids is 1. The SMILES string of the molecule is NCCCC[C@H](NC(=O)Nc1ccc(O)cc1)C(=O)O. The average molecular weight is 281 g/mol. The summed E-state index contributed by atoms with van der Waals surface area (Å²) in [6.07, 6.45) is 1.67. The monoisotopic (exact) mass is 281 g/mol. The van der Waals surface area contributed by atoms with Crippen LogP contribution in [0.3, 0.4) is 0 Å². The fraction of sp³-hybridized carbons (Fsp3) is 0.385. The third-order valence-corrected chi connectivity index (χ3v) is 2.68. The van der Waals surface area contributed by atoms with Crippen LogP contribution in [-0.4, -0.2) is 34.8 Å². The van der Waals surface area contributed by atoms with Gasteiger partial charge in [-0.05, 0) is 50.1 Å². The molecule has 0 aliphatic heterocycles. The molecule has 20 heavy (non-hydrogen) atoms. The second kappa shape index (κ2) is 8.00. The lowest BCUT2D eigenvalue weighted by Gasteiger charge is -2.15. The molecule has 0 aliphatic rings. The van der Waals surface area contributed by atoms with Gasteiger partial charge in [0.05, 0.1) is 0 Å². The number of phenols is 1. The van der Waals surface area contributed by atoms with E-state index in [4.69, 9.17) is 15.9 Å². The molecule has 0 aliphatic carbocycles. The van der Waals surface area contributed by atoms with Crippen LogP contribution in [-0.2, 0) is 4.79 Å². The van der Waals surface area contributed by atoms with Gasteiger partial charge in [-0.3, -0.25) is 0 Å². The summed E-state index contributed by atoms with van der Waals surface area (Å²) in [5.74, 6) is -0.996. The zero-order valence-corrected chi connectivity index (χ0v) is 11.0. The minimum atomic E-state index is -1.08. The van der Waals surface area contributed by atoms with Gasteiger partial charge in [-0.15, -0.1) is 0 Å². The van der Waals surface area contributed by atoms with Gasteiger partial charge in [-0.25, -0.2) is 9.59 Å². The number of anilines is 1. The van der Waals surface area contributed by atoms with Crippen LogP contribution >= 0.6 is 0 Å². The van der Waals surface area contributed by atoms with Gasteiger partial charge in [0.1, 0.15) is 11.8 Å². The van der Waals surface area contributed by atoms with E-state index in [2.05, 4.69) is 10.6 Å². The van der Waals surface area contributed by atoms with Gasteiger partial charge in [0.25, 0.3) is 0 Å². The molecule has 0 heterocycles. The molecule has 7 heteroatoms. The standard InChI is InChI=1S/C13H19N3O4/c14-8-2-1-3-11(12(18)19)16-13(20)15-9-4-6-10(17)7-5-9/h4-7,11,17H,1-3,8,14H2,(H,18,19)(H2,15,16,20)/t11-/m0/s1. The summed E-state index contributed by atoms with van der Waals surface area (Å²) in [6.45, 7) is 0.492. The first kappa shape index (κ1) is 15.8. The fourth-order valence-electron chi connectivity index (χ4n) is 1.62.